The van der Waals surface area contributed by atoms with E-state index in [1.54, 1.807) is 16.7 Å². The number of aromatic nitrogens is 2. The molecule has 2 aromatic rings. The molecule has 0 radical (unpaired) electrons. The molecule has 35 heavy (non-hydrogen) atoms. The molecule has 1 aromatic carbocycles. The summed E-state index contributed by atoms with van der Waals surface area (Å²) in [5.41, 5.74) is 0.415. The highest BCUT2D eigenvalue weighted by molar-refractivity contribution is 7.59. The number of benzene rings is 1. The standard InChI is InChI=1S/C27H38N3O4P/c1-27(2)18-11-10-17(22(27)14-18)12-13-29-19-6-5-7-20(29)16-21(15-19)30-24-9-4-3-8-23(24)28-25(26(30)31)35(32,33)34/h3-4,8-9,17-22H,5-7,10-16H2,1-2H3,(H2,32,33,34). The van der Waals surface area contributed by atoms with Crippen LogP contribution < -0.4 is 11.0 Å². The molecule has 3 heterocycles. The van der Waals surface area contributed by atoms with Gasteiger partial charge in [-0.05, 0) is 93.2 Å². The van der Waals surface area contributed by atoms with E-state index in [1.807, 2.05) is 12.1 Å². The van der Waals surface area contributed by atoms with Crippen molar-refractivity contribution < 1.29 is 14.4 Å². The Labute approximate surface area is 207 Å². The first-order chi connectivity index (χ1) is 16.6. The van der Waals surface area contributed by atoms with Crippen LogP contribution in [0.3, 0.4) is 0 Å². The topological polar surface area (TPSA) is 95.7 Å². The van der Waals surface area contributed by atoms with E-state index >= 15 is 0 Å². The number of hydrogen-bond donors (Lipinski definition) is 2. The number of rotatable bonds is 5. The van der Waals surface area contributed by atoms with Crippen molar-refractivity contribution in [1.82, 2.24) is 14.5 Å². The van der Waals surface area contributed by atoms with E-state index in [1.165, 1.54) is 32.1 Å². The summed E-state index contributed by atoms with van der Waals surface area (Å²) in [7, 11) is -4.77. The first kappa shape index (κ1) is 23.8. The summed E-state index contributed by atoms with van der Waals surface area (Å²) >= 11 is 0. The van der Waals surface area contributed by atoms with Crippen molar-refractivity contribution in [2.45, 2.75) is 89.8 Å². The zero-order chi connectivity index (χ0) is 24.5. The van der Waals surface area contributed by atoms with Gasteiger partial charge in [0.05, 0.1) is 11.0 Å². The second kappa shape index (κ2) is 8.51. The molecule has 7 nitrogen and oxygen atoms in total. The van der Waals surface area contributed by atoms with Gasteiger partial charge in [-0.15, -0.1) is 0 Å². The minimum Gasteiger partial charge on any atom is -0.320 e. The van der Waals surface area contributed by atoms with Crippen LogP contribution in [0.4, 0.5) is 0 Å². The van der Waals surface area contributed by atoms with Gasteiger partial charge in [0.25, 0.3) is 5.56 Å². The van der Waals surface area contributed by atoms with Gasteiger partial charge in [0.2, 0.25) is 5.44 Å². The molecule has 0 amide bonds. The van der Waals surface area contributed by atoms with Gasteiger partial charge in [-0.3, -0.25) is 14.3 Å². The summed E-state index contributed by atoms with van der Waals surface area (Å²) in [5.74, 6) is 2.66. The van der Waals surface area contributed by atoms with Gasteiger partial charge < -0.3 is 14.4 Å². The summed E-state index contributed by atoms with van der Waals surface area (Å²) in [5, 5.41) is 0. The molecule has 5 unspecified atom stereocenters. The number of nitrogens with zero attached hydrogens (tertiary/aromatic N) is 3. The molecule has 2 N–H and O–H groups in total. The van der Waals surface area contributed by atoms with E-state index in [4.69, 9.17) is 0 Å². The fourth-order valence-electron chi connectivity index (χ4n) is 8.34. The smallest absolute Gasteiger partial charge is 0.320 e. The summed E-state index contributed by atoms with van der Waals surface area (Å²) < 4.78 is 13.8. The predicted molar refractivity (Wildman–Crippen MR) is 137 cm³/mol. The molecule has 2 aliphatic heterocycles. The Hall–Kier alpha value is -1.53. The molecule has 3 saturated carbocycles. The monoisotopic (exact) mass is 499 g/mol. The van der Waals surface area contributed by atoms with Crippen molar-refractivity contribution in [1.29, 1.82) is 0 Å². The average Bonchev–Trinajstić information content (AvgIpc) is 2.81. The maximum Gasteiger partial charge on any atom is 0.380 e. The van der Waals surface area contributed by atoms with Crippen molar-refractivity contribution in [3.8, 4) is 0 Å². The highest BCUT2D eigenvalue weighted by atomic mass is 31.2. The molecule has 5 fully saturated rings. The third-order valence-corrected chi connectivity index (χ3v) is 11.1. The Bertz CT molecular complexity index is 1220. The fourth-order valence-corrected chi connectivity index (χ4v) is 8.94. The molecule has 7 rings (SSSR count). The zero-order valence-corrected chi connectivity index (χ0v) is 21.7. The Kier molecular flexibility index (Phi) is 5.80. The lowest BCUT2D eigenvalue weighted by Crippen LogP contribution is -2.56. The van der Waals surface area contributed by atoms with E-state index in [-0.39, 0.29) is 6.04 Å². The molecule has 3 aliphatic carbocycles. The van der Waals surface area contributed by atoms with Gasteiger partial charge in [0, 0.05) is 18.1 Å². The van der Waals surface area contributed by atoms with Crippen LogP contribution in [0.1, 0.15) is 77.7 Å². The molecular formula is C27H38N3O4P. The van der Waals surface area contributed by atoms with Gasteiger partial charge in [-0.1, -0.05) is 32.4 Å². The number of hydrogen-bond acceptors (Lipinski definition) is 4. The maximum absolute atomic E-state index is 13.4. The zero-order valence-electron chi connectivity index (χ0n) is 20.8. The van der Waals surface area contributed by atoms with Crippen LogP contribution in [-0.4, -0.2) is 42.9 Å². The molecule has 1 aromatic heterocycles. The molecule has 8 heteroatoms. The van der Waals surface area contributed by atoms with Crippen LogP contribution in [0.2, 0.25) is 0 Å². The number of piperidine rings is 2. The normalized spacial score (nSPS) is 34.5. The third-order valence-electron chi connectivity index (χ3n) is 10.3. The lowest BCUT2D eigenvalue weighted by atomic mass is 9.45. The molecule has 190 valence electrons. The lowest BCUT2D eigenvalue weighted by Gasteiger charge is -2.60. The summed E-state index contributed by atoms with van der Waals surface area (Å²) in [6.45, 7) is 6.09. The van der Waals surface area contributed by atoms with Crippen molar-refractivity contribution in [2.24, 2.45) is 23.2 Å². The van der Waals surface area contributed by atoms with Crippen molar-refractivity contribution in [2.75, 3.05) is 6.54 Å². The van der Waals surface area contributed by atoms with Crippen molar-refractivity contribution in [3.63, 3.8) is 0 Å². The van der Waals surface area contributed by atoms with E-state index in [0.717, 1.165) is 50.0 Å². The molecule has 2 saturated heterocycles. The average molecular weight is 500 g/mol. The van der Waals surface area contributed by atoms with Crippen LogP contribution in [0.5, 0.6) is 0 Å². The van der Waals surface area contributed by atoms with Gasteiger partial charge in [0.15, 0.2) is 0 Å². The minimum atomic E-state index is -4.77. The molecule has 5 aliphatic rings. The first-order valence-corrected chi connectivity index (χ1v) is 15.1. The van der Waals surface area contributed by atoms with E-state index < -0.39 is 18.6 Å². The fraction of sp³-hybridized carbons (Fsp3) is 0.704. The van der Waals surface area contributed by atoms with Gasteiger partial charge in [0.1, 0.15) is 0 Å². The van der Waals surface area contributed by atoms with Gasteiger partial charge >= 0.3 is 7.60 Å². The predicted octanol–water partition coefficient (Wildman–Crippen LogP) is 4.22. The first-order valence-electron chi connectivity index (χ1n) is 13.5. The van der Waals surface area contributed by atoms with E-state index in [9.17, 15) is 19.1 Å². The van der Waals surface area contributed by atoms with E-state index in [0.29, 0.717) is 28.5 Å². The molecule has 0 spiro atoms. The summed E-state index contributed by atoms with van der Waals surface area (Å²) in [6.07, 6.45) is 10.7. The van der Waals surface area contributed by atoms with Gasteiger partial charge in [-0.25, -0.2) is 4.98 Å². The molecular weight excluding hydrogens is 461 g/mol. The van der Waals surface area contributed by atoms with Crippen molar-refractivity contribution in [3.05, 3.63) is 34.6 Å². The van der Waals surface area contributed by atoms with Crippen LogP contribution in [0.15, 0.2) is 29.1 Å². The highest BCUT2D eigenvalue weighted by Crippen LogP contribution is 2.62. The Morgan fingerprint density at radius 2 is 1.74 bits per heavy atom. The summed E-state index contributed by atoms with van der Waals surface area (Å²) in [4.78, 5) is 39.9. The SMILES string of the molecule is CC1(C)C2CCC(CCN3C4CCCC3CC(n3c(=O)c(P(=O)(O)O)nc5ccccc53)C4)C1C2. The largest absolute Gasteiger partial charge is 0.380 e. The Balaban J connectivity index is 1.26. The second-order valence-electron chi connectivity index (χ2n) is 12.2. The third kappa shape index (κ3) is 3.94. The summed E-state index contributed by atoms with van der Waals surface area (Å²) in [6, 6.07) is 8.04. The highest BCUT2D eigenvalue weighted by Gasteiger charge is 2.54. The van der Waals surface area contributed by atoms with Crippen molar-refractivity contribution >= 4 is 24.1 Å². The van der Waals surface area contributed by atoms with Crippen LogP contribution in [-0.2, 0) is 4.57 Å². The lowest BCUT2D eigenvalue weighted by molar-refractivity contribution is -0.111. The Morgan fingerprint density at radius 1 is 1.03 bits per heavy atom. The number of fused-ring (bicyclic) bond motifs is 5. The minimum absolute atomic E-state index is 0.0618. The van der Waals surface area contributed by atoms with Crippen LogP contribution in [0, 0.1) is 23.2 Å². The molecule has 5 atom stereocenters. The quantitative estimate of drug-likeness (QED) is 0.598. The van der Waals surface area contributed by atoms with Gasteiger partial charge in [-0.2, -0.15) is 0 Å². The van der Waals surface area contributed by atoms with Crippen LogP contribution >= 0.6 is 7.60 Å². The second-order valence-corrected chi connectivity index (χ2v) is 13.7. The Morgan fingerprint density at radius 3 is 2.40 bits per heavy atom. The maximum atomic E-state index is 13.4. The number of para-hydroxylation sites is 2. The van der Waals surface area contributed by atoms with E-state index in [2.05, 4.69) is 23.7 Å². The van der Waals surface area contributed by atoms with Crippen LogP contribution in [0.25, 0.3) is 11.0 Å². The molecule has 4 bridgehead atoms.